The Kier molecular flexibility index (Phi) is 3.44. The molecule has 1 amide bonds. The van der Waals surface area contributed by atoms with Gasteiger partial charge in [-0.3, -0.25) is 4.79 Å². The van der Waals surface area contributed by atoms with Gasteiger partial charge in [-0.05, 0) is 17.7 Å². The average Bonchev–Trinajstić information content (AvgIpc) is 2.94. The molecular weight excluding hydrogens is 264 g/mol. The fourth-order valence-corrected chi connectivity index (χ4v) is 2.62. The highest BCUT2D eigenvalue weighted by molar-refractivity contribution is 6.05. The summed E-state index contributed by atoms with van der Waals surface area (Å²) in [5.74, 6) is 0.0859. The van der Waals surface area contributed by atoms with Gasteiger partial charge in [-0.2, -0.15) is 5.10 Å². The molecule has 0 saturated heterocycles. The van der Waals surface area contributed by atoms with Gasteiger partial charge in [-0.1, -0.05) is 42.5 Å². The molecular formula is C17H16N2O2. The van der Waals surface area contributed by atoms with Gasteiger partial charge in [0.15, 0.2) is 0 Å². The van der Waals surface area contributed by atoms with Crippen LogP contribution in [0.1, 0.15) is 30.5 Å². The fourth-order valence-electron chi connectivity index (χ4n) is 2.62. The molecule has 0 radical (unpaired) electrons. The van der Waals surface area contributed by atoms with Gasteiger partial charge in [-0.25, -0.2) is 5.01 Å². The third-order valence-electron chi connectivity index (χ3n) is 3.63. The van der Waals surface area contributed by atoms with Crippen LogP contribution < -0.4 is 0 Å². The van der Waals surface area contributed by atoms with E-state index < -0.39 is 0 Å². The summed E-state index contributed by atoms with van der Waals surface area (Å²) in [4.78, 5) is 11.8. The van der Waals surface area contributed by atoms with E-state index in [0.29, 0.717) is 12.0 Å². The highest BCUT2D eigenvalue weighted by Crippen LogP contribution is 2.34. The summed E-state index contributed by atoms with van der Waals surface area (Å²) >= 11 is 0. The van der Waals surface area contributed by atoms with Crippen molar-refractivity contribution in [2.24, 2.45) is 5.10 Å². The Bertz CT molecular complexity index is 695. The van der Waals surface area contributed by atoms with Gasteiger partial charge in [0.2, 0.25) is 5.91 Å². The van der Waals surface area contributed by atoms with Crippen molar-refractivity contribution in [1.82, 2.24) is 5.01 Å². The van der Waals surface area contributed by atoms with Gasteiger partial charge >= 0.3 is 0 Å². The van der Waals surface area contributed by atoms with Crippen LogP contribution in [-0.4, -0.2) is 21.7 Å². The van der Waals surface area contributed by atoms with Gasteiger partial charge in [0.1, 0.15) is 5.75 Å². The molecule has 2 aromatic carbocycles. The van der Waals surface area contributed by atoms with Crippen molar-refractivity contribution in [3.8, 4) is 5.75 Å². The third-order valence-corrected chi connectivity index (χ3v) is 3.63. The van der Waals surface area contributed by atoms with E-state index >= 15 is 0 Å². The van der Waals surface area contributed by atoms with Gasteiger partial charge in [0.05, 0.1) is 11.8 Å². The molecule has 21 heavy (non-hydrogen) atoms. The maximum Gasteiger partial charge on any atom is 0.240 e. The molecule has 0 bridgehead atoms. The van der Waals surface area contributed by atoms with Gasteiger partial charge in [-0.15, -0.1) is 0 Å². The molecule has 2 aromatic rings. The zero-order chi connectivity index (χ0) is 14.8. The molecule has 106 valence electrons. The Morgan fingerprint density at radius 3 is 2.48 bits per heavy atom. The molecule has 0 fully saturated rings. The van der Waals surface area contributed by atoms with E-state index in [9.17, 15) is 9.90 Å². The molecule has 1 unspecified atom stereocenters. The lowest BCUT2D eigenvalue weighted by atomic mass is 9.98. The van der Waals surface area contributed by atoms with E-state index in [1.54, 1.807) is 12.1 Å². The minimum absolute atomic E-state index is 0.103. The summed E-state index contributed by atoms with van der Waals surface area (Å²) in [5, 5.41) is 15.9. The lowest BCUT2D eigenvalue weighted by molar-refractivity contribution is -0.130. The Labute approximate surface area is 123 Å². The van der Waals surface area contributed by atoms with Crippen LogP contribution in [0.3, 0.4) is 0 Å². The Hall–Kier alpha value is -2.62. The molecule has 4 heteroatoms. The standard InChI is InChI=1S/C17H16N2O2/c1-12(20)19-16(13-7-3-2-4-8-13)11-15(18-19)14-9-5-6-10-17(14)21/h2-10,16,21H,11H2,1H3. The molecule has 1 atom stereocenters. The van der Waals surface area contributed by atoms with Crippen molar-refractivity contribution in [1.29, 1.82) is 0 Å². The highest BCUT2D eigenvalue weighted by atomic mass is 16.3. The molecule has 1 heterocycles. The summed E-state index contributed by atoms with van der Waals surface area (Å²) in [5.41, 5.74) is 2.46. The average molecular weight is 280 g/mol. The van der Waals surface area contributed by atoms with Crippen LogP contribution in [0, 0.1) is 0 Å². The molecule has 0 spiro atoms. The number of benzene rings is 2. The molecule has 4 nitrogen and oxygen atoms in total. The summed E-state index contributed by atoms with van der Waals surface area (Å²) in [6.07, 6.45) is 0.598. The van der Waals surface area contributed by atoms with Crippen molar-refractivity contribution in [2.45, 2.75) is 19.4 Å². The summed E-state index contributed by atoms with van der Waals surface area (Å²) in [7, 11) is 0. The van der Waals surface area contributed by atoms with E-state index in [1.807, 2.05) is 42.5 Å². The second-order valence-electron chi connectivity index (χ2n) is 5.06. The van der Waals surface area contributed by atoms with Crippen molar-refractivity contribution >= 4 is 11.6 Å². The second-order valence-corrected chi connectivity index (χ2v) is 5.06. The number of hydrogen-bond acceptors (Lipinski definition) is 3. The molecule has 1 aliphatic rings. The van der Waals surface area contributed by atoms with E-state index in [1.165, 1.54) is 11.9 Å². The second kappa shape index (κ2) is 5.40. The van der Waals surface area contributed by atoms with Gasteiger partial charge < -0.3 is 5.11 Å². The molecule has 0 saturated carbocycles. The number of aromatic hydroxyl groups is 1. The Morgan fingerprint density at radius 2 is 1.81 bits per heavy atom. The zero-order valence-electron chi connectivity index (χ0n) is 11.7. The number of hydrazone groups is 1. The number of carbonyl (C=O) groups is 1. The number of para-hydroxylation sites is 1. The predicted octanol–water partition coefficient (Wildman–Crippen LogP) is 3.09. The first-order valence-electron chi connectivity index (χ1n) is 6.87. The smallest absolute Gasteiger partial charge is 0.240 e. The highest BCUT2D eigenvalue weighted by Gasteiger charge is 2.31. The molecule has 0 aromatic heterocycles. The fraction of sp³-hybridized carbons (Fsp3) is 0.176. The minimum Gasteiger partial charge on any atom is -0.507 e. The number of carbonyl (C=O) groups excluding carboxylic acids is 1. The summed E-state index contributed by atoms with van der Waals surface area (Å²) < 4.78 is 0. The van der Waals surface area contributed by atoms with Crippen molar-refractivity contribution in [3.63, 3.8) is 0 Å². The van der Waals surface area contributed by atoms with Crippen molar-refractivity contribution in [3.05, 3.63) is 65.7 Å². The topological polar surface area (TPSA) is 52.9 Å². The number of hydrogen-bond donors (Lipinski definition) is 1. The van der Waals surface area contributed by atoms with E-state index in [4.69, 9.17) is 0 Å². The maximum absolute atomic E-state index is 11.8. The quantitative estimate of drug-likeness (QED) is 0.919. The normalized spacial score (nSPS) is 17.7. The van der Waals surface area contributed by atoms with Crippen molar-refractivity contribution < 1.29 is 9.90 Å². The van der Waals surface area contributed by atoms with Gasteiger partial charge in [0, 0.05) is 18.9 Å². The Morgan fingerprint density at radius 1 is 1.14 bits per heavy atom. The molecule has 3 rings (SSSR count). The third kappa shape index (κ3) is 2.52. The minimum atomic E-state index is -0.113. The maximum atomic E-state index is 11.8. The van der Waals surface area contributed by atoms with E-state index in [2.05, 4.69) is 5.10 Å². The molecule has 1 N–H and O–H groups in total. The summed E-state index contributed by atoms with van der Waals surface area (Å²) in [6.45, 7) is 1.51. The van der Waals surface area contributed by atoms with Crippen LogP contribution in [0.25, 0.3) is 0 Å². The number of nitrogens with zero attached hydrogens (tertiary/aromatic N) is 2. The molecule has 1 aliphatic heterocycles. The summed E-state index contributed by atoms with van der Waals surface area (Å²) in [6, 6.07) is 16.8. The van der Waals surface area contributed by atoms with Crippen LogP contribution >= 0.6 is 0 Å². The number of phenols is 1. The first-order valence-corrected chi connectivity index (χ1v) is 6.87. The molecule has 0 aliphatic carbocycles. The number of rotatable bonds is 2. The monoisotopic (exact) mass is 280 g/mol. The van der Waals surface area contributed by atoms with E-state index in [0.717, 1.165) is 11.3 Å². The zero-order valence-corrected chi connectivity index (χ0v) is 11.7. The number of amides is 1. The number of phenolic OH excluding ortho intramolecular Hbond substituents is 1. The van der Waals surface area contributed by atoms with Crippen LogP contribution in [0.4, 0.5) is 0 Å². The van der Waals surface area contributed by atoms with Gasteiger partial charge in [0.25, 0.3) is 0 Å². The van der Waals surface area contributed by atoms with Crippen LogP contribution in [0.5, 0.6) is 5.75 Å². The SMILES string of the molecule is CC(=O)N1N=C(c2ccccc2O)CC1c1ccccc1. The first-order chi connectivity index (χ1) is 10.2. The lowest BCUT2D eigenvalue weighted by Gasteiger charge is -2.20. The van der Waals surface area contributed by atoms with Crippen molar-refractivity contribution in [2.75, 3.05) is 0 Å². The predicted molar refractivity (Wildman–Crippen MR) is 81.0 cm³/mol. The lowest BCUT2D eigenvalue weighted by Crippen LogP contribution is -2.24. The van der Waals surface area contributed by atoms with Crippen LogP contribution in [0.15, 0.2) is 59.7 Å². The largest absolute Gasteiger partial charge is 0.507 e. The first kappa shape index (κ1) is 13.4. The Balaban J connectivity index is 1.98. The van der Waals surface area contributed by atoms with Crippen LogP contribution in [-0.2, 0) is 4.79 Å². The van der Waals surface area contributed by atoms with E-state index in [-0.39, 0.29) is 17.7 Å². The van der Waals surface area contributed by atoms with Crippen LogP contribution in [0.2, 0.25) is 0 Å².